The van der Waals surface area contributed by atoms with Crippen molar-refractivity contribution in [2.24, 2.45) is 0 Å². The van der Waals surface area contributed by atoms with Crippen molar-refractivity contribution in [1.82, 2.24) is 9.78 Å². The second kappa shape index (κ2) is 11.9. The fraction of sp³-hybridized carbons (Fsp3) is 0.611. The van der Waals surface area contributed by atoms with Gasteiger partial charge in [-0.05, 0) is 6.04 Å². The number of hydrogen-bond donors (Lipinski definition) is 0. The molecule has 0 amide bonds. The quantitative estimate of drug-likeness (QED) is 0.209. The van der Waals surface area contributed by atoms with Crippen molar-refractivity contribution in [3.8, 4) is 5.75 Å². The van der Waals surface area contributed by atoms with E-state index in [1.54, 1.807) is 0 Å². The summed E-state index contributed by atoms with van der Waals surface area (Å²) in [5.41, 5.74) is -2.79. The molecule has 0 saturated heterocycles. The van der Waals surface area contributed by atoms with E-state index in [4.69, 9.17) is 14.2 Å². The Morgan fingerprint density at radius 2 is 1.90 bits per heavy atom. The Balaban J connectivity index is 2.69. The Hall–Kier alpha value is -2.18. The summed E-state index contributed by atoms with van der Waals surface area (Å²) in [7, 11) is -0.142. The number of aromatic nitrogens is 2. The van der Waals surface area contributed by atoms with Crippen LogP contribution in [0.25, 0.3) is 0 Å². The van der Waals surface area contributed by atoms with Crippen molar-refractivity contribution in [3.63, 3.8) is 0 Å². The van der Waals surface area contributed by atoms with Crippen molar-refractivity contribution >= 4 is 14.0 Å². The van der Waals surface area contributed by atoms with Gasteiger partial charge in [-0.3, -0.25) is 4.79 Å². The maximum atomic E-state index is 13.4. The molecule has 0 spiro atoms. The second-order valence-electron chi connectivity index (χ2n) is 7.38. The van der Waals surface area contributed by atoms with Crippen LogP contribution in [0.4, 0.5) is 13.2 Å². The van der Waals surface area contributed by atoms with E-state index in [9.17, 15) is 22.8 Å². The van der Waals surface area contributed by atoms with Crippen LogP contribution < -0.4 is 10.3 Å². The Bertz CT molecular complexity index is 775. The van der Waals surface area contributed by atoms with E-state index in [0.717, 1.165) is 18.3 Å². The first-order chi connectivity index (χ1) is 14.0. The molecule has 1 aromatic rings. The molecule has 0 bridgehead atoms. The molecule has 1 heterocycles. The van der Waals surface area contributed by atoms with E-state index in [1.165, 1.54) is 13.2 Å². The first-order valence-corrected chi connectivity index (χ1v) is 12.9. The van der Waals surface area contributed by atoms with Crippen molar-refractivity contribution in [2.45, 2.75) is 38.6 Å². The zero-order valence-corrected chi connectivity index (χ0v) is 18.5. The summed E-state index contributed by atoms with van der Waals surface area (Å²) in [4.78, 5) is 23.1. The van der Waals surface area contributed by atoms with Crippen molar-refractivity contribution in [3.05, 3.63) is 34.3 Å². The van der Waals surface area contributed by atoms with E-state index in [1.807, 2.05) is 0 Å². The highest BCUT2D eigenvalue weighted by Gasteiger charge is 2.39. The van der Waals surface area contributed by atoms with Crippen LogP contribution in [0, 0.1) is 0 Å². The molecule has 0 aliphatic carbocycles. The highest BCUT2D eigenvalue weighted by molar-refractivity contribution is 6.76. The van der Waals surface area contributed by atoms with Crippen LogP contribution in [0.1, 0.15) is 5.56 Å². The molecule has 12 heteroatoms. The molecular weight excluding hydrogens is 425 g/mol. The van der Waals surface area contributed by atoms with Gasteiger partial charge >= 0.3 is 12.1 Å². The second-order valence-corrected chi connectivity index (χ2v) is 13.0. The number of ether oxygens (including phenoxy) is 4. The molecule has 0 radical (unpaired) electrons. The van der Waals surface area contributed by atoms with Gasteiger partial charge in [-0.25, -0.2) is 9.48 Å². The molecule has 0 saturated carbocycles. The number of esters is 1. The fourth-order valence-corrected chi connectivity index (χ4v) is 2.80. The minimum Gasteiger partial charge on any atom is -0.489 e. The Morgan fingerprint density at radius 3 is 2.50 bits per heavy atom. The first kappa shape index (κ1) is 25.9. The van der Waals surface area contributed by atoms with Gasteiger partial charge in [0.2, 0.25) is 0 Å². The molecule has 0 aromatic carbocycles. The van der Waals surface area contributed by atoms with Gasteiger partial charge in [-0.15, -0.1) is 0 Å². The lowest BCUT2D eigenvalue weighted by atomic mass is 10.2. The summed E-state index contributed by atoms with van der Waals surface area (Å²) >= 11 is 0. The van der Waals surface area contributed by atoms with E-state index >= 15 is 0 Å². The fourth-order valence-electron chi connectivity index (χ4n) is 2.04. The molecule has 0 fully saturated rings. The summed E-state index contributed by atoms with van der Waals surface area (Å²) in [6.45, 7) is 6.10. The van der Waals surface area contributed by atoms with Gasteiger partial charge in [0.1, 0.15) is 13.3 Å². The minimum atomic E-state index is -4.92. The van der Waals surface area contributed by atoms with E-state index in [0.29, 0.717) is 11.3 Å². The van der Waals surface area contributed by atoms with Gasteiger partial charge in [0.15, 0.2) is 11.3 Å². The highest BCUT2D eigenvalue weighted by Crippen LogP contribution is 2.32. The lowest BCUT2D eigenvalue weighted by Crippen LogP contribution is -2.32. The van der Waals surface area contributed by atoms with Crippen molar-refractivity contribution < 1.29 is 36.9 Å². The molecule has 0 atom stereocenters. The molecular formula is C18H27F3N2O6Si. The highest BCUT2D eigenvalue weighted by atomic mass is 28.3. The van der Waals surface area contributed by atoms with Gasteiger partial charge < -0.3 is 18.9 Å². The van der Waals surface area contributed by atoms with Gasteiger partial charge in [0.25, 0.3) is 5.56 Å². The van der Waals surface area contributed by atoms with Crippen molar-refractivity contribution in [2.75, 3.05) is 33.5 Å². The molecule has 0 aliphatic heterocycles. The Labute approximate surface area is 173 Å². The minimum absolute atomic E-state index is 0.0409. The molecule has 30 heavy (non-hydrogen) atoms. The Morgan fingerprint density at radius 1 is 1.20 bits per heavy atom. The largest absolute Gasteiger partial charge is 0.489 e. The topological polar surface area (TPSA) is 88.9 Å². The van der Waals surface area contributed by atoms with Crippen LogP contribution in [-0.4, -0.2) is 57.4 Å². The molecule has 0 unspecified atom stereocenters. The van der Waals surface area contributed by atoms with Crippen LogP contribution in [0.5, 0.6) is 5.75 Å². The van der Waals surface area contributed by atoms with Crippen LogP contribution in [-0.2, 0) is 31.9 Å². The number of carbonyl (C=O) groups is 1. The summed E-state index contributed by atoms with van der Waals surface area (Å²) in [6, 6.07) is 0.809. The summed E-state index contributed by atoms with van der Waals surface area (Å²) in [6.07, 6.45) is -1.54. The first-order valence-electron chi connectivity index (χ1n) is 9.16. The number of carbonyl (C=O) groups excluding carboxylic acids is 1. The standard InChI is InChI=1S/C18H27F3N2O6Si/c1-26-15(24)6-5-7-27-8-9-29-14-12-22-23(13-28-10-11-30(2,3)4)17(25)16(14)18(19,20)21/h5-6,12H,7-11,13H2,1-4H3/b6-5+. The monoisotopic (exact) mass is 452 g/mol. The zero-order chi connectivity index (χ0) is 22.8. The Kier molecular flexibility index (Phi) is 10.2. The maximum absolute atomic E-state index is 13.4. The average Bonchev–Trinajstić information content (AvgIpc) is 2.63. The number of hydrogen-bond acceptors (Lipinski definition) is 7. The molecule has 170 valence electrons. The maximum Gasteiger partial charge on any atom is 0.425 e. The number of nitrogens with zero attached hydrogens (tertiary/aromatic N) is 2. The van der Waals surface area contributed by atoms with Crippen LogP contribution >= 0.6 is 0 Å². The lowest BCUT2D eigenvalue weighted by molar-refractivity contribution is -0.141. The molecule has 0 N–H and O–H groups in total. The molecule has 8 nitrogen and oxygen atoms in total. The molecule has 1 rings (SSSR count). The third-order valence-corrected chi connectivity index (χ3v) is 5.36. The van der Waals surface area contributed by atoms with Crippen molar-refractivity contribution in [1.29, 1.82) is 0 Å². The zero-order valence-electron chi connectivity index (χ0n) is 17.5. The summed E-state index contributed by atoms with van der Waals surface area (Å²) < 4.78 is 60.6. The predicted molar refractivity (Wildman–Crippen MR) is 105 cm³/mol. The SMILES string of the molecule is COC(=O)/C=C/COCCOc1cnn(COCC[Si](C)(C)C)c(=O)c1C(F)(F)F. The molecule has 1 aromatic heterocycles. The number of methoxy groups -OCH3 is 1. The van der Waals surface area contributed by atoms with E-state index in [2.05, 4.69) is 29.5 Å². The van der Waals surface area contributed by atoms with Gasteiger partial charge in [-0.1, -0.05) is 25.7 Å². The number of rotatable bonds is 12. The van der Waals surface area contributed by atoms with Crippen LogP contribution in [0.15, 0.2) is 23.1 Å². The van der Waals surface area contributed by atoms with E-state index in [-0.39, 0.29) is 26.6 Å². The van der Waals surface area contributed by atoms with Crippen LogP contribution in [0.3, 0.4) is 0 Å². The van der Waals surface area contributed by atoms with Gasteiger partial charge in [0.05, 0.1) is 26.5 Å². The lowest BCUT2D eigenvalue weighted by Gasteiger charge is -2.17. The number of alkyl halides is 3. The molecule has 0 aliphatic rings. The predicted octanol–water partition coefficient (Wildman–Crippen LogP) is 2.70. The summed E-state index contributed by atoms with van der Waals surface area (Å²) in [5.74, 6) is -1.24. The third-order valence-electron chi connectivity index (χ3n) is 3.66. The average molecular weight is 453 g/mol. The van der Waals surface area contributed by atoms with Gasteiger partial charge in [-0.2, -0.15) is 18.3 Å². The normalized spacial score (nSPS) is 12.4. The van der Waals surface area contributed by atoms with Gasteiger partial charge in [0, 0.05) is 20.8 Å². The smallest absolute Gasteiger partial charge is 0.425 e. The third kappa shape index (κ3) is 9.54. The summed E-state index contributed by atoms with van der Waals surface area (Å²) in [5, 5.41) is 3.71. The van der Waals surface area contributed by atoms with E-state index < -0.39 is 37.1 Å². The number of halogens is 3. The van der Waals surface area contributed by atoms with Crippen LogP contribution in [0.2, 0.25) is 25.7 Å².